The summed E-state index contributed by atoms with van der Waals surface area (Å²) in [5, 5.41) is 9.74. The van der Waals surface area contributed by atoms with E-state index in [2.05, 4.69) is 4.98 Å². The molecule has 3 aromatic rings. The Morgan fingerprint density at radius 2 is 1.87 bits per heavy atom. The van der Waals surface area contributed by atoms with Crippen LogP contribution in [0.3, 0.4) is 0 Å². The molecule has 2 heterocycles. The van der Waals surface area contributed by atoms with E-state index in [1.54, 1.807) is 17.5 Å². The van der Waals surface area contributed by atoms with E-state index in [4.69, 9.17) is 10.1 Å². The summed E-state index contributed by atoms with van der Waals surface area (Å²) >= 11 is 1.62. The Kier molecular flexibility index (Phi) is 4.78. The fourth-order valence-corrected chi connectivity index (χ4v) is 3.46. The van der Waals surface area contributed by atoms with E-state index in [0.717, 1.165) is 26.7 Å². The van der Waals surface area contributed by atoms with Crippen LogP contribution in [0.4, 0.5) is 0 Å². The zero-order valence-corrected chi connectivity index (χ0v) is 13.3. The van der Waals surface area contributed by atoms with Gasteiger partial charge in [0, 0.05) is 29.9 Å². The summed E-state index contributed by atoms with van der Waals surface area (Å²) < 4.78 is 0. The van der Waals surface area contributed by atoms with Gasteiger partial charge in [-0.1, -0.05) is 36.4 Å². The van der Waals surface area contributed by atoms with Crippen molar-refractivity contribution in [3.05, 3.63) is 59.9 Å². The van der Waals surface area contributed by atoms with Gasteiger partial charge in [0.25, 0.3) is 0 Å². The normalized spacial score (nSPS) is 10.6. The van der Waals surface area contributed by atoms with E-state index in [0.29, 0.717) is 12.8 Å². The van der Waals surface area contributed by atoms with E-state index in [-0.39, 0.29) is 6.42 Å². The standard InChI is InChI=1S/C18H16N2O2S/c21-16(22)10-4-9-15-20-17(13-6-2-1-3-7-13)18(23-15)14-8-5-11-19-12-14/h1-3,5-8,11-12H,4,9-10H2,(H,21,22). The number of aryl methyl sites for hydroxylation is 1. The smallest absolute Gasteiger partial charge is 0.303 e. The van der Waals surface area contributed by atoms with E-state index in [9.17, 15) is 4.79 Å². The molecule has 0 aliphatic heterocycles. The second-order valence-electron chi connectivity index (χ2n) is 5.14. The molecule has 0 radical (unpaired) electrons. The summed E-state index contributed by atoms with van der Waals surface area (Å²) in [6, 6.07) is 14.0. The molecule has 4 nitrogen and oxygen atoms in total. The van der Waals surface area contributed by atoms with Crippen LogP contribution >= 0.6 is 11.3 Å². The summed E-state index contributed by atoms with van der Waals surface area (Å²) in [6.07, 6.45) is 5.03. The lowest BCUT2D eigenvalue weighted by Crippen LogP contribution is -1.95. The summed E-state index contributed by atoms with van der Waals surface area (Å²) in [4.78, 5) is 20.7. The molecule has 1 N–H and O–H groups in total. The maximum Gasteiger partial charge on any atom is 0.303 e. The summed E-state index contributed by atoms with van der Waals surface area (Å²) in [7, 11) is 0. The van der Waals surface area contributed by atoms with Crippen molar-refractivity contribution >= 4 is 17.3 Å². The van der Waals surface area contributed by atoms with E-state index >= 15 is 0 Å². The fourth-order valence-electron chi connectivity index (χ4n) is 2.35. The van der Waals surface area contributed by atoms with Crippen molar-refractivity contribution in [1.29, 1.82) is 0 Å². The minimum Gasteiger partial charge on any atom is -0.481 e. The first-order valence-corrected chi connectivity index (χ1v) is 8.23. The molecule has 0 unspecified atom stereocenters. The Balaban J connectivity index is 1.96. The van der Waals surface area contributed by atoms with E-state index in [1.165, 1.54) is 0 Å². The number of thiazole rings is 1. The molecule has 0 spiro atoms. The van der Waals surface area contributed by atoms with Crippen LogP contribution in [0.25, 0.3) is 21.7 Å². The minimum atomic E-state index is -0.766. The highest BCUT2D eigenvalue weighted by Gasteiger charge is 2.15. The average molecular weight is 324 g/mol. The second kappa shape index (κ2) is 7.15. The van der Waals surface area contributed by atoms with Gasteiger partial charge in [-0.2, -0.15) is 0 Å². The van der Waals surface area contributed by atoms with Crippen molar-refractivity contribution in [1.82, 2.24) is 9.97 Å². The van der Waals surface area contributed by atoms with Gasteiger partial charge in [0.1, 0.15) is 0 Å². The van der Waals surface area contributed by atoms with Crippen molar-refractivity contribution in [3.63, 3.8) is 0 Å². The number of rotatable bonds is 6. The Morgan fingerprint density at radius 1 is 1.09 bits per heavy atom. The van der Waals surface area contributed by atoms with Crippen molar-refractivity contribution in [2.75, 3.05) is 0 Å². The Bertz CT molecular complexity index is 728. The molecule has 2 aromatic heterocycles. The van der Waals surface area contributed by atoms with Gasteiger partial charge < -0.3 is 5.11 Å². The second-order valence-corrected chi connectivity index (χ2v) is 6.22. The quantitative estimate of drug-likeness (QED) is 0.735. The van der Waals surface area contributed by atoms with Crippen molar-refractivity contribution < 1.29 is 9.90 Å². The van der Waals surface area contributed by atoms with Crippen LogP contribution in [-0.4, -0.2) is 21.0 Å². The number of benzene rings is 1. The van der Waals surface area contributed by atoms with Gasteiger partial charge in [-0.15, -0.1) is 11.3 Å². The third-order valence-electron chi connectivity index (χ3n) is 3.42. The molecule has 1 aromatic carbocycles. The van der Waals surface area contributed by atoms with Gasteiger partial charge in [0.15, 0.2) is 0 Å². The summed E-state index contributed by atoms with van der Waals surface area (Å²) in [6.45, 7) is 0. The zero-order chi connectivity index (χ0) is 16.1. The predicted molar refractivity (Wildman–Crippen MR) is 91.4 cm³/mol. The molecular formula is C18H16N2O2S. The predicted octanol–water partition coefficient (Wildman–Crippen LogP) is 4.28. The number of carboxylic acids is 1. The van der Waals surface area contributed by atoms with E-state index in [1.807, 2.05) is 48.7 Å². The largest absolute Gasteiger partial charge is 0.481 e. The van der Waals surface area contributed by atoms with Gasteiger partial charge in [0.05, 0.1) is 15.6 Å². The molecular weight excluding hydrogens is 308 g/mol. The van der Waals surface area contributed by atoms with Crippen LogP contribution in [-0.2, 0) is 11.2 Å². The van der Waals surface area contributed by atoms with Crippen LogP contribution in [0.5, 0.6) is 0 Å². The number of aliphatic carboxylic acids is 1. The highest BCUT2D eigenvalue weighted by atomic mass is 32.1. The van der Waals surface area contributed by atoms with Crippen molar-refractivity contribution in [2.24, 2.45) is 0 Å². The third kappa shape index (κ3) is 3.81. The first-order valence-electron chi connectivity index (χ1n) is 7.41. The van der Waals surface area contributed by atoms with Crippen LogP contribution < -0.4 is 0 Å². The lowest BCUT2D eigenvalue weighted by atomic mass is 10.1. The van der Waals surface area contributed by atoms with Gasteiger partial charge in [0.2, 0.25) is 0 Å². The van der Waals surface area contributed by atoms with Crippen molar-refractivity contribution in [3.8, 4) is 21.7 Å². The number of hydrogen-bond donors (Lipinski definition) is 1. The first kappa shape index (κ1) is 15.4. The van der Waals surface area contributed by atoms with Crippen molar-refractivity contribution in [2.45, 2.75) is 19.3 Å². The van der Waals surface area contributed by atoms with Gasteiger partial charge in [-0.3, -0.25) is 9.78 Å². The Labute approximate surface area is 138 Å². The fraction of sp³-hybridized carbons (Fsp3) is 0.167. The van der Waals surface area contributed by atoms with Gasteiger partial charge >= 0.3 is 5.97 Å². The molecule has 0 atom stereocenters. The number of nitrogens with zero attached hydrogens (tertiary/aromatic N) is 2. The Morgan fingerprint density at radius 3 is 2.57 bits per heavy atom. The molecule has 0 saturated heterocycles. The number of pyridine rings is 1. The SMILES string of the molecule is O=C(O)CCCc1nc(-c2ccccc2)c(-c2cccnc2)s1. The molecule has 0 aliphatic rings. The molecule has 0 bridgehead atoms. The zero-order valence-electron chi connectivity index (χ0n) is 12.5. The lowest BCUT2D eigenvalue weighted by Gasteiger charge is -2.01. The number of carbonyl (C=O) groups is 1. The van der Waals surface area contributed by atoms with Crippen LogP contribution in [0.2, 0.25) is 0 Å². The summed E-state index contributed by atoms with van der Waals surface area (Å²) in [5.74, 6) is -0.766. The maximum atomic E-state index is 10.7. The maximum absolute atomic E-state index is 10.7. The van der Waals surface area contributed by atoms with Crippen LogP contribution in [0.15, 0.2) is 54.9 Å². The first-order chi connectivity index (χ1) is 11.2. The molecule has 0 amide bonds. The Hall–Kier alpha value is -2.53. The molecule has 0 saturated carbocycles. The van der Waals surface area contributed by atoms with Crippen LogP contribution in [0, 0.1) is 0 Å². The number of carboxylic acid groups (broad SMARTS) is 1. The lowest BCUT2D eigenvalue weighted by molar-refractivity contribution is -0.137. The highest BCUT2D eigenvalue weighted by Crippen LogP contribution is 2.36. The summed E-state index contributed by atoms with van der Waals surface area (Å²) in [5.41, 5.74) is 3.04. The molecule has 0 aliphatic carbocycles. The monoisotopic (exact) mass is 324 g/mol. The topological polar surface area (TPSA) is 63.1 Å². The molecule has 23 heavy (non-hydrogen) atoms. The average Bonchev–Trinajstić information content (AvgIpc) is 3.00. The third-order valence-corrected chi connectivity index (χ3v) is 4.59. The highest BCUT2D eigenvalue weighted by molar-refractivity contribution is 7.15. The van der Waals surface area contributed by atoms with E-state index < -0.39 is 5.97 Å². The molecule has 5 heteroatoms. The van der Waals surface area contributed by atoms with Gasteiger partial charge in [-0.05, 0) is 18.9 Å². The molecule has 3 rings (SSSR count). The molecule has 0 fully saturated rings. The molecule has 116 valence electrons. The number of aromatic nitrogens is 2. The number of hydrogen-bond acceptors (Lipinski definition) is 4. The minimum absolute atomic E-state index is 0.169. The van der Waals surface area contributed by atoms with Gasteiger partial charge in [-0.25, -0.2) is 4.98 Å². The van der Waals surface area contributed by atoms with Crippen LogP contribution in [0.1, 0.15) is 17.8 Å².